The third kappa shape index (κ3) is 1.14. The van der Waals surface area contributed by atoms with E-state index in [1.54, 1.807) is 0 Å². The first-order valence-corrected chi connectivity index (χ1v) is 4.96. The normalized spacial score (nSPS) is 13.4. The Morgan fingerprint density at radius 2 is 2.07 bits per heavy atom. The third-order valence-corrected chi connectivity index (χ3v) is 2.85. The van der Waals surface area contributed by atoms with Crippen molar-refractivity contribution in [2.24, 2.45) is 0 Å². The Kier molecular flexibility index (Phi) is 1.59. The lowest BCUT2D eigenvalue weighted by Gasteiger charge is -2.22. The number of aromatic nitrogens is 2. The fourth-order valence-corrected chi connectivity index (χ4v) is 1.97. The molecule has 0 amide bonds. The lowest BCUT2D eigenvalue weighted by atomic mass is 9.83. The highest BCUT2D eigenvalue weighted by atomic mass is 16.5. The van der Waals surface area contributed by atoms with Gasteiger partial charge in [0, 0.05) is 11.3 Å². The molecule has 0 aliphatic heterocycles. The summed E-state index contributed by atoms with van der Waals surface area (Å²) in [5.74, 6) is 1.26. The predicted octanol–water partition coefficient (Wildman–Crippen LogP) is 1.73. The second kappa shape index (κ2) is 2.82. The lowest BCUT2D eigenvalue weighted by Crippen LogP contribution is -2.13. The van der Waals surface area contributed by atoms with Crippen LogP contribution < -0.4 is 5.73 Å². The van der Waals surface area contributed by atoms with Crippen LogP contribution in [0.2, 0.25) is 0 Å². The highest BCUT2D eigenvalue weighted by molar-refractivity contribution is 5.70. The molecule has 4 nitrogen and oxygen atoms in total. The van der Waals surface area contributed by atoms with E-state index in [-0.39, 0.29) is 0 Å². The number of fused-ring (bicyclic) bond motifs is 1. The van der Waals surface area contributed by atoms with E-state index in [1.165, 1.54) is 11.1 Å². The van der Waals surface area contributed by atoms with Gasteiger partial charge in [-0.25, -0.2) is 0 Å². The molecule has 0 saturated carbocycles. The van der Waals surface area contributed by atoms with Gasteiger partial charge in [0.1, 0.15) is 0 Å². The fourth-order valence-electron chi connectivity index (χ4n) is 1.97. The van der Waals surface area contributed by atoms with Crippen molar-refractivity contribution in [3.8, 4) is 11.5 Å². The minimum atomic E-state index is 0.600. The third-order valence-electron chi connectivity index (χ3n) is 2.85. The summed E-state index contributed by atoms with van der Waals surface area (Å²) in [6.07, 6.45) is 2.11. The van der Waals surface area contributed by atoms with Crippen molar-refractivity contribution in [1.82, 2.24) is 10.1 Å². The standard InChI is InChI=1S/C11H11N3O/c1-6-13-11(15-14-6)9-4-5-10(12)8-3-2-7(8)9/h4-5H,2-3,12H2,1H3. The van der Waals surface area contributed by atoms with Crippen molar-refractivity contribution in [2.75, 3.05) is 5.73 Å². The van der Waals surface area contributed by atoms with Crippen LogP contribution in [-0.4, -0.2) is 10.1 Å². The van der Waals surface area contributed by atoms with E-state index in [9.17, 15) is 0 Å². The number of benzene rings is 1. The maximum atomic E-state index is 5.86. The topological polar surface area (TPSA) is 64.9 Å². The number of aryl methyl sites for hydroxylation is 1. The highest BCUT2D eigenvalue weighted by Crippen LogP contribution is 2.36. The molecule has 0 atom stereocenters. The van der Waals surface area contributed by atoms with Crippen LogP contribution in [0.3, 0.4) is 0 Å². The minimum Gasteiger partial charge on any atom is -0.398 e. The van der Waals surface area contributed by atoms with Gasteiger partial charge >= 0.3 is 0 Å². The summed E-state index contributed by atoms with van der Waals surface area (Å²) in [5, 5.41) is 3.79. The van der Waals surface area contributed by atoms with E-state index in [4.69, 9.17) is 10.3 Å². The van der Waals surface area contributed by atoms with E-state index in [2.05, 4.69) is 10.1 Å². The lowest BCUT2D eigenvalue weighted by molar-refractivity contribution is 0.425. The maximum Gasteiger partial charge on any atom is 0.258 e. The molecule has 0 saturated heterocycles. The van der Waals surface area contributed by atoms with Crippen LogP contribution in [-0.2, 0) is 12.8 Å². The number of rotatable bonds is 1. The minimum absolute atomic E-state index is 0.600. The number of nitrogens with zero attached hydrogens (tertiary/aromatic N) is 2. The molecule has 0 unspecified atom stereocenters. The van der Waals surface area contributed by atoms with E-state index in [0.717, 1.165) is 24.1 Å². The first-order chi connectivity index (χ1) is 7.25. The van der Waals surface area contributed by atoms with Gasteiger partial charge in [-0.3, -0.25) is 0 Å². The van der Waals surface area contributed by atoms with Gasteiger partial charge in [0.15, 0.2) is 5.82 Å². The molecular formula is C11H11N3O. The van der Waals surface area contributed by atoms with Gasteiger partial charge in [0.2, 0.25) is 0 Å². The largest absolute Gasteiger partial charge is 0.398 e. The van der Waals surface area contributed by atoms with E-state index >= 15 is 0 Å². The Morgan fingerprint density at radius 3 is 2.67 bits per heavy atom. The first kappa shape index (κ1) is 8.47. The quantitative estimate of drug-likeness (QED) is 0.713. The van der Waals surface area contributed by atoms with Crippen LogP contribution in [0, 0.1) is 6.92 Å². The molecule has 0 radical (unpaired) electrons. The van der Waals surface area contributed by atoms with Gasteiger partial charge in [-0.1, -0.05) is 5.16 Å². The summed E-state index contributed by atoms with van der Waals surface area (Å²) in [6.45, 7) is 1.82. The van der Waals surface area contributed by atoms with Crippen LogP contribution in [0.15, 0.2) is 16.7 Å². The molecule has 0 bridgehead atoms. The van der Waals surface area contributed by atoms with E-state index in [0.29, 0.717) is 11.7 Å². The van der Waals surface area contributed by atoms with Crippen LogP contribution >= 0.6 is 0 Å². The molecule has 0 fully saturated rings. The Balaban J connectivity index is 2.17. The zero-order valence-corrected chi connectivity index (χ0v) is 8.45. The second-order valence-corrected chi connectivity index (χ2v) is 3.81. The molecule has 1 aromatic carbocycles. The number of anilines is 1. The van der Waals surface area contributed by atoms with Gasteiger partial charge in [0.25, 0.3) is 5.89 Å². The number of hydrogen-bond acceptors (Lipinski definition) is 4. The zero-order chi connectivity index (χ0) is 10.4. The summed E-state index contributed by atoms with van der Waals surface area (Å²) in [5.41, 5.74) is 10.3. The summed E-state index contributed by atoms with van der Waals surface area (Å²) in [4.78, 5) is 4.23. The van der Waals surface area contributed by atoms with Crippen molar-refractivity contribution >= 4 is 5.69 Å². The predicted molar refractivity (Wildman–Crippen MR) is 56.3 cm³/mol. The van der Waals surface area contributed by atoms with Crippen molar-refractivity contribution < 1.29 is 4.52 Å². The molecule has 15 heavy (non-hydrogen) atoms. The molecule has 3 rings (SSSR count). The highest BCUT2D eigenvalue weighted by Gasteiger charge is 2.22. The van der Waals surface area contributed by atoms with E-state index in [1.807, 2.05) is 19.1 Å². The molecule has 1 aromatic heterocycles. The average molecular weight is 201 g/mol. The van der Waals surface area contributed by atoms with Crippen LogP contribution in [0.25, 0.3) is 11.5 Å². The Morgan fingerprint density at radius 1 is 1.27 bits per heavy atom. The Bertz CT molecular complexity index is 531. The van der Waals surface area contributed by atoms with Gasteiger partial charge in [-0.2, -0.15) is 4.98 Å². The molecular weight excluding hydrogens is 190 g/mol. The smallest absolute Gasteiger partial charge is 0.258 e. The van der Waals surface area contributed by atoms with E-state index < -0.39 is 0 Å². The monoisotopic (exact) mass is 201 g/mol. The fraction of sp³-hybridized carbons (Fsp3) is 0.273. The summed E-state index contributed by atoms with van der Waals surface area (Å²) in [7, 11) is 0. The van der Waals surface area contributed by atoms with Crippen LogP contribution in [0.4, 0.5) is 5.69 Å². The number of hydrogen-bond donors (Lipinski definition) is 1. The summed E-state index contributed by atoms with van der Waals surface area (Å²) < 4.78 is 5.16. The van der Waals surface area contributed by atoms with Gasteiger partial charge < -0.3 is 10.3 Å². The number of nitrogens with two attached hydrogens (primary N) is 1. The van der Waals surface area contributed by atoms with Crippen molar-refractivity contribution in [3.05, 3.63) is 29.1 Å². The molecule has 76 valence electrons. The Labute approximate surface area is 87.1 Å². The van der Waals surface area contributed by atoms with Gasteiger partial charge in [0.05, 0.1) is 0 Å². The molecule has 1 aliphatic rings. The molecule has 2 N–H and O–H groups in total. The summed E-state index contributed by atoms with van der Waals surface area (Å²) >= 11 is 0. The molecule has 0 spiro atoms. The molecule has 1 aliphatic carbocycles. The zero-order valence-electron chi connectivity index (χ0n) is 8.45. The van der Waals surface area contributed by atoms with Crippen LogP contribution in [0.5, 0.6) is 0 Å². The van der Waals surface area contributed by atoms with Gasteiger partial charge in [-0.05, 0) is 43.0 Å². The number of nitrogen functional groups attached to an aromatic ring is 1. The van der Waals surface area contributed by atoms with Crippen molar-refractivity contribution in [2.45, 2.75) is 19.8 Å². The molecule has 1 heterocycles. The average Bonchev–Trinajstić information content (AvgIpc) is 2.55. The summed E-state index contributed by atoms with van der Waals surface area (Å²) in [6, 6.07) is 3.87. The Hall–Kier alpha value is -1.84. The van der Waals surface area contributed by atoms with Crippen molar-refractivity contribution in [1.29, 1.82) is 0 Å². The van der Waals surface area contributed by atoms with Gasteiger partial charge in [-0.15, -0.1) is 0 Å². The maximum absolute atomic E-state index is 5.86. The first-order valence-electron chi connectivity index (χ1n) is 4.96. The SMILES string of the molecule is Cc1noc(-c2ccc(N)c3c2CC3)n1. The van der Waals surface area contributed by atoms with Crippen LogP contribution in [0.1, 0.15) is 17.0 Å². The van der Waals surface area contributed by atoms with Crippen molar-refractivity contribution in [3.63, 3.8) is 0 Å². The second-order valence-electron chi connectivity index (χ2n) is 3.81. The molecule has 4 heteroatoms. The molecule has 2 aromatic rings.